The van der Waals surface area contributed by atoms with Crippen LogP contribution in [0.4, 0.5) is 5.25 Å². The maximum atomic E-state index is 18.1. The van der Waals surface area contributed by atoms with Gasteiger partial charge in [-0.15, -0.1) is 0 Å². The molecular formula is C28H37F2SiZr. The SMILES string of the molecule is CC1=Cc2c(C(C)C)cccc2[CH]1[Zr]([F])([F])([CH]1C(C)=Cc2c(C(C)C)cccc21)[SiH](C)C. The summed E-state index contributed by atoms with van der Waals surface area (Å²) in [4.78, 5) is 0. The van der Waals surface area contributed by atoms with Gasteiger partial charge in [-0.05, 0) is 0 Å². The Balaban J connectivity index is 1.99. The van der Waals surface area contributed by atoms with Gasteiger partial charge in [0, 0.05) is 0 Å². The molecule has 2 aromatic carbocycles. The Morgan fingerprint density at radius 3 is 1.41 bits per heavy atom. The third-order valence-corrected chi connectivity index (χ3v) is 39.7. The van der Waals surface area contributed by atoms with Crippen molar-refractivity contribution >= 4 is 18.1 Å². The van der Waals surface area contributed by atoms with Gasteiger partial charge in [-0.2, -0.15) is 0 Å². The van der Waals surface area contributed by atoms with Crippen molar-refractivity contribution in [2.45, 2.75) is 73.7 Å². The van der Waals surface area contributed by atoms with E-state index in [4.69, 9.17) is 0 Å². The molecule has 0 heterocycles. The molecule has 0 spiro atoms. The summed E-state index contributed by atoms with van der Waals surface area (Å²) in [5.41, 5.74) is 8.16. The average molecular weight is 531 g/mol. The molecule has 0 fully saturated rings. The van der Waals surface area contributed by atoms with E-state index in [0.29, 0.717) is 11.8 Å². The molecule has 32 heavy (non-hydrogen) atoms. The van der Waals surface area contributed by atoms with Crippen LogP contribution in [0.3, 0.4) is 0 Å². The van der Waals surface area contributed by atoms with Crippen molar-refractivity contribution in [3.05, 3.63) is 80.9 Å². The molecule has 0 aliphatic heterocycles. The Labute approximate surface area is 196 Å². The molecule has 0 N–H and O–H groups in total. The monoisotopic (exact) mass is 529 g/mol. The van der Waals surface area contributed by atoms with E-state index in [1.54, 1.807) is 0 Å². The van der Waals surface area contributed by atoms with Crippen molar-refractivity contribution in [1.29, 1.82) is 0 Å². The van der Waals surface area contributed by atoms with Crippen molar-refractivity contribution in [2.75, 3.05) is 0 Å². The van der Waals surface area contributed by atoms with E-state index < -0.39 is 32.3 Å². The summed E-state index contributed by atoms with van der Waals surface area (Å²) in [6, 6.07) is 12.3. The molecule has 0 aromatic heterocycles. The zero-order valence-corrected chi connectivity index (χ0v) is 24.4. The summed E-state index contributed by atoms with van der Waals surface area (Å²) in [6.45, 7) is 16.4. The van der Waals surface area contributed by atoms with Crippen molar-refractivity contribution < 1.29 is 24.4 Å². The molecule has 2 unspecified atom stereocenters. The van der Waals surface area contributed by atoms with E-state index in [1.165, 1.54) is 11.1 Å². The first kappa shape index (κ1) is 24.0. The molecule has 4 heteroatoms. The quantitative estimate of drug-likeness (QED) is 0.338. The van der Waals surface area contributed by atoms with Gasteiger partial charge in [0.2, 0.25) is 0 Å². The number of rotatable bonds is 5. The number of fused-ring (bicyclic) bond motifs is 2. The van der Waals surface area contributed by atoms with Crippen LogP contribution in [0, 0.1) is 0 Å². The number of benzene rings is 2. The normalized spacial score (nSPS) is 21.5. The van der Waals surface area contributed by atoms with E-state index in [0.717, 1.165) is 33.4 Å². The molecule has 2 aliphatic carbocycles. The minimum absolute atomic E-state index is 0.325. The number of hydrogen-bond acceptors (Lipinski definition) is 0. The fraction of sp³-hybridized carbons (Fsp3) is 0.429. The van der Waals surface area contributed by atoms with Gasteiger partial charge in [0.25, 0.3) is 0 Å². The second kappa shape index (κ2) is 7.98. The Morgan fingerprint density at radius 2 is 1.09 bits per heavy atom. The van der Waals surface area contributed by atoms with Crippen LogP contribution in [0.1, 0.15) is 94.0 Å². The van der Waals surface area contributed by atoms with Gasteiger partial charge < -0.3 is 0 Å². The number of halogens is 2. The summed E-state index contributed by atoms with van der Waals surface area (Å²) >= 11 is -6.41. The third kappa shape index (κ3) is 3.27. The van der Waals surface area contributed by atoms with Gasteiger partial charge >= 0.3 is 197 Å². The molecule has 4 rings (SSSR count). The van der Waals surface area contributed by atoms with Crippen LogP contribution >= 0.6 is 0 Å². The van der Waals surface area contributed by atoms with E-state index in [9.17, 15) is 0 Å². The van der Waals surface area contributed by atoms with Crippen molar-refractivity contribution in [1.82, 2.24) is 0 Å². The van der Waals surface area contributed by atoms with Gasteiger partial charge in [-0.25, -0.2) is 0 Å². The molecular weight excluding hydrogens is 494 g/mol. The summed E-state index contributed by atoms with van der Waals surface area (Å²) in [5.74, 6) is -1.65. The van der Waals surface area contributed by atoms with Crippen molar-refractivity contribution in [2.24, 2.45) is 0 Å². The predicted molar refractivity (Wildman–Crippen MR) is 135 cm³/mol. The zero-order chi connectivity index (χ0) is 23.6. The van der Waals surface area contributed by atoms with Gasteiger partial charge in [-0.1, -0.05) is 0 Å². The topological polar surface area (TPSA) is 0 Å². The van der Waals surface area contributed by atoms with Crippen molar-refractivity contribution in [3.63, 3.8) is 0 Å². The first-order chi connectivity index (χ1) is 14.9. The maximum absolute atomic E-state index is 18.1. The number of hydrogen-bond donors (Lipinski definition) is 0. The molecule has 0 amide bonds. The van der Waals surface area contributed by atoms with E-state index >= 15 is 5.25 Å². The first-order valence-electron chi connectivity index (χ1n) is 12.1. The van der Waals surface area contributed by atoms with E-state index in [1.807, 2.05) is 51.2 Å². The van der Waals surface area contributed by atoms with E-state index in [2.05, 4.69) is 52.0 Å². The fourth-order valence-electron chi connectivity index (χ4n) is 6.46. The van der Waals surface area contributed by atoms with Crippen molar-refractivity contribution in [3.8, 4) is 0 Å². The predicted octanol–water partition coefficient (Wildman–Crippen LogP) is 8.99. The van der Waals surface area contributed by atoms with Gasteiger partial charge in [0.15, 0.2) is 0 Å². The molecule has 2 atom stereocenters. The third-order valence-electron chi connectivity index (χ3n) is 8.07. The van der Waals surface area contributed by atoms with Crippen LogP contribution in [0.5, 0.6) is 0 Å². The van der Waals surface area contributed by atoms with Crippen LogP contribution in [0.15, 0.2) is 47.5 Å². The van der Waals surface area contributed by atoms with Gasteiger partial charge in [-0.3, -0.25) is 0 Å². The first-order valence-corrected chi connectivity index (χ1v) is 23.9. The molecule has 0 radical (unpaired) electrons. The van der Waals surface area contributed by atoms with Crippen LogP contribution in [-0.2, 0) is 19.2 Å². The summed E-state index contributed by atoms with van der Waals surface area (Å²) in [7, 11) is 0. The molecule has 0 saturated carbocycles. The second-order valence-corrected chi connectivity index (χ2v) is 37.2. The Kier molecular flexibility index (Phi) is 5.99. The summed E-state index contributed by atoms with van der Waals surface area (Å²) in [5, 5.41) is 0. The van der Waals surface area contributed by atoms with Crippen LogP contribution < -0.4 is 0 Å². The number of allylic oxidation sites excluding steroid dienone is 2. The van der Waals surface area contributed by atoms with Crippen LogP contribution in [0.2, 0.25) is 13.1 Å². The summed E-state index contributed by atoms with van der Waals surface area (Å²) in [6.07, 6.45) is 4.19. The van der Waals surface area contributed by atoms with E-state index in [-0.39, 0.29) is 0 Å². The second-order valence-electron chi connectivity index (χ2n) is 11.0. The van der Waals surface area contributed by atoms with Crippen LogP contribution in [-0.4, -0.2) is 5.92 Å². The standard InChI is InChI=1S/2C13H15.C2H7Si.2FH.Zr/c2*1-9(2)12-6-4-5-11-7-10(3)8-13(11)12;1-3-2;;;/h2*4-9H,1-3H3;3H,1-2H3;2*1H;/q;;;;;+2/p-2. The molecule has 0 saturated heterocycles. The van der Waals surface area contributed by atoms with Crippen LogP contribution in [0.25, 0.3) is 12.2 Å². The average Bonchev–Trinajstić information content (AvgIpc) is 3.23. The molecule has 2 aliphatic rings. The minimum atomic E-state index is -6.41. The Hall–Kier alpha value is -1.12. The Morgan fingerprint density at radius 1 is 0.719 bits per heavy atom. The molecule has 2 aromatic rings. The van der Waals surface area contributed by atoms with Gasteiger partial charge in [0.05, 0.1) is 0 Å². The fourth-order valence-corrected chi connectivity index (χ4v) is 32.5. The van der Waals surface area contributed by atoms with Gasteiger partial charge in [0.1, 0.15) is 0 Å². The molecule has 0 nitrogen and oxygen atoms in total. The Bertz CT molecular complexity index is 1060. The summed E-state index contributed by atoms with van der Waals surface area (Å²) < 4.78 is 34.8. The molecule has 0 bridgehead atoms. The molecule has 171 valence electrons. The zero-order valence-electron chi connectivity index (χ0n) is 20.8.